The number of nitrogens with zero attached hydrogens (tertiary/aromatic N) is 4. The van der Waals surface area contributed by atoms with Crippen LogP contribution in [0.25, 0.3) is 5.69 Å². The van der Waals surface area contributed by atoms with Gasteiger partial charge in [0.2, 0.25) is 5.91 Å². The monoisotopic (exact) mass is 527 g/mol. The highest BCUT2D eigenvalue weighted by Gasteiger charge is 2.24. The molecule has 194 valence electrons. The van der Waals surface area contributed by atoms with Crippen LogP contribution in [-0.2, 0) is 17.8 Å². The van der Waals surface area contributed by atoms with Gasteiger partial charge in [-0.25, -0.2) is 0 Å². The number of rotatable bonds is 9. The molecule has 5 rings (SSSR count). The Kier molecular flexibility index (Phi) is 8.04. The second-order valence-electron chi connectivity index (χ2n) is 8.78. The first kappa shape index (κ1) is 25.5. The maximum Gasteiger partial charge on any atom is 0.251 e. The third-order valence-corrected chi connectivity index (χ3v) is 7.20. The van der Waals surface area contributed by atoms with E-state index in [-0.39, 0.29) is 24.1 Å². The van der Waals surface area contributed by atoms with Crippen molar-refractivity contribution in [3.05, 3.63) is 95.8 Å². The summed E-state index contributed by atoms with van der Waals surface area (Å²) in [4.78, 5) is 27.8. The highest BCUT2D eigenvalue weighted by atomic mass is 32.2. The van der Waals surface area contributed by atoms with Crippen LogP contribution < -0.4 is 15.0 Å². The first-order valence-corrected chi connectivity index (χ1v) is 13.6. The second kappa shape index (κ2) is 12.0. The topological polar surface area (TPSA) is 89.3 Å². The number of hydrogen-bond donors (Lipinski definition) is 1. The lowest BCUT2D eigenvalue weighted by Crippen LogP contribution is -2.36. The minimum Gasteiger partial charge on any atom is -0.494 e. The molecule has 1 aromatic heterocycles. The van der Waals surface area contributed by atoms with Gasteiger partial charge in [-0.15, -0.1) is 10.2 Å². The number of ether oxygens (including phenoxy) is 1. The van der Waals surface area contributed by atoms with Gasteiger partial charge in [0.05, 0.1) is 18.9 Å². The third-order valence-electron chi connectivity index (χ3n) is 6.29. The van der Waals surface area contributed by atoms with Crippen LogP contribution in [0.3, 0.4) is 0 Å². The summed E-state index contributed by atoms with van der Waals surface area (Å²) in [6.07, 6.45) is 1.93. The molecule has 0 atom stereocenters. The van der Waals surface area contributed by atoms with Gasteiger partial charge < -0.3 is 15.0 Å². The Morgan fingerprint density at radius 1 is 0.974 bits per heavy atom. The van der Waals surface area contributed by atoms with Crippen LogP contribution in [0.4, 0.5) is 5.69 Å². The van der Waals surface area contributed by atoms with Gasteiger partial charge in [-0.1, -0.05) is 48.2 Å². The van der Waals surface area contributed by atoms with Gasteiger partial charge in [0.15, 0.2) is 11.0 Å². The SMILES string of the molecule is CCOc1ccc(-n2c(CNC(=O)c3ccccc3)nnc2SCC(=O)N2CCCc3ccccc32)cc1. The molecule has 4 aromatic rings. The second-order valence-corrected chi connectivity index (χ2v) is 9.72. The summed E-state index contributed by atoms with van der Waals surface area (Å²) in [6.45, 7) is 3.40. The fraction of sp³-hybridized carbons (Fsp3) is 0.241. The van der Waals surface area contributed by atoms with Crippen molar-refractivity contribution in [2.24, 2.45) is 0 Å². The van der Waals surface area contributed by atoms with E-state index in [1.807, 2.05) is 77.1 Å². The number of anilines is 1. The molecule has 3 aromatic carbocycles. The van der Waals surface area contributed by atoms with Crippen molar-refractivity contribution in [2.45, 2.75) is 31.5 Å². The maximum atomic E-state index is 13.3. The van der Waals surface area contributed by atoms with Crippen LogP contribution in [0, 0.1) is 0 Å². The van der Waals surface area contributed by atoms with E-state index in [2.05, 4.69) is 21.6 Å². The number of para-hydroxylation sites is 1. The number of carbonyl (C=O) groups is 2. The first-order chi connectivity index (χ1) is 18.6. The molecule has 0 spiro atoms. The standard InChI is InChI=1S/C29H29N5O3S/c1-2-37-24-16-14-23(15-17-24)34-26(19-30-28(36)22-10-4-3-5-11-22)31-32-29(34)38-20-27(35)33-18-8-12-21-9-6-7-13-25(21)33/h3-7,9-11,13-17H,2,8,12,18-20H2,1H3,(H,30,36). The lowest BCUT2D eigenvalue weighted by atomic mass is 10.0. The van der Waals surface area contributed by atoms with Crippen LogP contribution in [0.5, 0.6) is 5.75 Å². The Labute approximate surface area is 226 Å². The van der Waals surface area contributed by atoms with E-state index in [9.17, 15) is 9.59 Å². The fourth-order valence-corrected chi connectivity index (χ4v) is 5.32. The summed E-state index contributed by atoms with van der Waals surface area (Å²) in [5, 5.41) is 12.3. The van der Waals surface area contributed by atoms with Crippen LogP contribution in [-0.4, -0.2) is 45.5 Å². The van der Waals surface area contributed by atoms with E-state index in [1.165, 1.54) is 17.3 Å². The van der Waals surface area contributed by atoms with Gasteiger partial charge in [0.25, 0.3) is 5.91 Å². The number of amides is 2. The number of fused-ring (bicyclic) bond motifs is 1. The normalized spacial score (nSPS) is 12.6. The van der Waals surface area contributed by atoms with Gasteiger partial charge in [-0.2, -0.15) is 0 Å². The lowest BCUT2D eigenvalue weighted by molar-refractivity contribution is -0.116. The molecular weight excluding hydrogens is 498 g/mol. The minimum absolute atomic E-state index is 0.0299. The highest BCUT2D eigenvalue weighted by molar-refractivity contribution is 7.99. The molecule has 0 aliphatic carbocycles. The smallest absolute Gasteiger partial charge is 0.251 e. The van der Waals surface area contributed by atoms with Crippen molar-refractivity contribution in [2.75, 3.05) is 23.8 Å². The molecule has 0 saturated carbocycles. The summed E-state index contributed by atoms with van der Waals surface area (Å²) in [5.74, 6) is 1.38. The Hall–Kier alpha value is -4.11. The highest BCUT2D eigenvalue weighted by Crippen LogP contribution is 2.29. The molecule has 0 radical (unpaired) electrons. The number of aryl methyl sites for hydroxylation is 1. The molecule has 0 unspecified atom stereocenters. The molecule has 38 heavy (non-hydrogen) atoms. The number of nitrogens with one attached hydrogen (secondary N) is 1. The Morgan fingerprint density at radius 2 is 1.74 bits per heavy atom. The summed E-state index contributed by atoms with van der Waals surface area (Å²) in [5.41, 5.74) is 3.58. The average molecular weight is 528 g/mol. The van der Waals surface area contributed by atoms with Crippen LogP contribution >= 0.6 is 11.8 Å². The number of hydrogen-bond acceptors (Lipinski definition) is 6. The van der Waals surface area contributed by atoms with Gasteiger partial charge in [0, 0.05) is 23.5 Å². The fourth-order valence-electron chi connectivity index (χ4n) is 4.47. The van der Waals surface area contributed by atoms with Crippen molar-refractivity contribution in [1.29, 1.82) is 0 Å². The van der Waals surface area contributed by atoms with Crippen molar-refractivity contribution in [1.82, 2.24) is 20.1 Å². The zero-order valence-corrected chi connectivity index (χ0v) is 22.0. The molecule has 2 heterocycles. The van der Waals surface area contributed by atoms with Gasteiger partial charge in [-0.05, 0) is 67.8 Å². The maximum absolute atomic E-state index is 13.3. The number of aromatic nitrogens is 3. The summed E-state index contributed by atoms with van der Waals surface area (Å²) >= 11 is 1.34. The predicted octanol–water partition coefficient (Wildman–Crippen LogP) is 4.67. The Balaban J connectivity index is 1.36. The van der Waals surface area contributed by atoms with E-state index >= 15 is 0 Å². The van der Waals surface area contributed by atoms with E-state index in [1.54, 1.807) is 12.1 Å². The molecule has 0 saturated heterocycles. The number of thioether (sulfide) groups is 1. The first-order valence-electron chi connectivity index (χ1n) is 12.7. The lowest BCUT2D eigenvalue weighted by Gasteiger charge is -2.29. The number of benzene rings is 3. The van der Waals surface area contributed by atoms with Crippen LogP contribution in [0.15, 0.2) is 84.0 Å². The van der Waals surface area contributed by atoms with Gasteiger partial charge >= 0.3 is 0 Å². The largest absolute Gasteiger partial charge is 0.494 e. The van der Waals surface area contributed by atoms with E-state index < -0.39 is 0 Å². The molecule has 8 nitrogen and oxygen atoms in total. The molecule has 1 aliphatic heterocycles. The zero-order valence-electron chi connectivity index (χ0n) is 21.2. The molecule has 1 N–H and O–H groups in total. The van der Waals surface area contributed by atoms with Crippen molar-refractivity contribution in [3.8, 4) is 11.4 Å². The minimum atomic E-state index is -0.194. The average Bonchev–Trinajstić information content (AvgIpc) is 3.38. The van der Waals surface area contributed by atoms with Crippen LogP contribution in [0.1, 0.15) is 35.1 Å². The molecule has 1 aliphatic rings. The van der Waals surface area contributed by atoms with Crippen molar-refractivity contribution in [3.63, 3.8) is 0 Å². The molecule has 0 fully saturated rings. The van der Waals surface area contributed by atoms with Crippen molar-refractivity contribution >= 4 is 29.3 Å². The Morgan fingerprint density at radius 3 is 2.53 bits per heavy atom. The van der Waals surface area contributed by atoms with Crippen molar-refractivity contribution < 1.29 is 14.3 Å². The van der Waals surface area contributed by atoms with E-state index in [4.69, 9.17) is 4.74 Å². The van der Waals surface area contributed by atoms with Crippen LogP contribution in [0.2, 0.25) is 0 Å². The molecule has 2 amide bonds. The summed E-state index contributed by atoms with van der Waals surface area (Å²) in [6, 6.07) is 24.7. The quantitative estimate of drug-likeness (QED) is 0.318. The summed E-state index contributed by atoms with van der Waals surface area (Å²) in [7, 11) is 0. The molecular formula is C29H29N5O3S. The van der Waals surface area contributed by atoms with Gasteiger partial charge in [0.1, 0.15) is 5.75 Å². The molecule has 0 bridgehead atoms. The van der Waals surface area contributed by atoms with E-state index in [0.29, 0.717) is 29.7 Å². The molecule has 9 heteroatoms. The Bertz CT molecular complexity index is 1410. The third kappa shape index (κ3) is 5.73. The number of carbonyl (C=O) groups excluding carboxylic acids is 2. The van der Waals surface area contributed by atoms with E-state index in [0.717, 1.165) is 30.0 Å². The van der Waals surface area contributed by atoms with Gasteiger partial charge in [-0.3, -0.25) is 14.2 Å². The summed E-state index contributed by atoms with van der Waals surface area (Å²) < 4.78 is 7.47. The predicted molar refractivity (Wildman–Crippen MR) is 148 cm³/mol. The zero-order chi connectivity index (χ0) is 26.3.